The van der Waals surface area contributed by atoms with Crippen LogP contribution in [0.1, 0.15) is 72.1 Å². The molecule has 0 radical (unpaired) electrons. The zero-order chi connectivity index (χ0) is 20.5. The summed E-state index contributed by atoms with van der Waals surface area (Å²) in [5, 5.41) is 0. The summed E-state index contributed by atoms with van der Waals surface area (Å²) in [5.41, 5.74) is -0.450. The van der Waals surface area contributed by atoms with Crippen molar-refractivity contribution in [3.63, 3.8) is 0 Å². The van der Waals surface area contributed by atoms with Crippen molar-refractivity contribution in [2.45, 2.75) is 95.4 Å². The van der Waals surface area contributed by atoms with E-state index in [-0.39, 0.29) is 11.7 Å². The van der Waals surface area contributed by atoms with Gasteiger partial charge in [-0.3, -0.25) is 4.90 Å². The molecule has 0 aromatic heterocycles. The highest BCUT2D eigenvalue weighted by Crippen LogP contribution is 2.38. The lowest BCUT2D eigenvalue weighted by atomic mass is 9.86. The fourth-order valence-electron chi connectivity index (χ4n) is 5.73. The monoisotopic (exact) mass is 407 g/mol. The zero-order valence-electron chi connectivity index (χ0n) is 18.8. The minimum atomic E-state index is -0.429. The van der Waals surface area contributed by atoms with Crippen molar-refractivity contribution in [3.8, 4) is 0 Å². The fraction of sp³-hybridized carbons (Fsp3) is 0.957. The summed E-state index contributed by atoms with van der Waals surface area (Å²) in [5.74, 6) is 0. The Bertz CT molecular complexity index is 554. The third-order valence-corrected chi connectivity index (χ3v) is 7.44. The molecule has 4 heterocycles. The fourth-order valence-corrected chi connectivity index (χ4v) is 5.73. The molecule has 0 aromatic rings. The molecular formula is C23H41N3O3. The molecule has 6 heteroatoms. The van der Waals surface area contributed by atoms with Gasteiger partial charge in [-0.15, -0.1) is 0 Å². The van der Waals surface area contributed by atoms with E-state index in [1.54, 1.807) is 0 Å². The number of ether oxygens (including phenoxy) is 2. The second kappa shape index (κ2) is 8.72. The lowest BCUT2D eigenvalue weighted by Crippen LogP contribution is -2.50. The number of piperidine rings is 3. The SMILES string of the molecule is CC(C)(C)OC(=O)N1CCC2(CC1)CC(N1CCC(N3CCCCC3)CC1)CO2. The predicted molar refractivity (Wildman–Crippen MR) is 114 cm³/mol. The molecule has 0 aliphatic carbocycles. The van der Waals surface area contributed by atoms with Gasteiger partial charge in [0.25, 0.3) is 0 Å². The van der Waals surface area contributed by atoms with Gasteiger partial charge in [0.2, 0.25) is 0 Å². The Morgan fingerprint density at radius 2 is 1.52 bits per heavy atom. The van der Waals surface area contributed by atoms with Crippen LogP contribution in [0.25, 0.3) is 0 Å². The molecule has 0 aromatic carbocycles. The summed E-state index contributed by atoms with van der Waals surface area (Å²) in [7, 11) is 0. The molecule has 29 heavy (non-hydrogen) atoms. The van der Waals surface area contributed by atoms with E-state index in [0.717, 1.165) is 45.0 Å². The maximum Gasteiger partial charge on any atom is 0.410 e. The molecular weight excluding hydrogens is 366 g/mol. The van der Waals surface area contributed by atoms with Gasteiger partial charge in [0, 0.05) is 38.3 Å². The summed E-state index contributed by atoms with van der Waals surface area (Å²) >= 11 is 0. The van der Waals surface area contributed by atoms with E-state index in [4.69, 9.17) is 9.47 Å². The third-order valence-electron chi connectivity index (χ3n) is 7.44. The third kappa shape index (κ3) is 5.26. The van der Waals surface area contributed by atoms with Crippen LogP contribution in [0.15, 0.2) is 0 Å². The molecule has 6 nitrogen and oxygen atoms in total. The summed E-state index contributed by atoms with van der Waals surface area (Å²) in [6, 6.07) is 1.37. The average molecular weight is 408 g/mol. The normalized spacial score (nSPS) is 30.0. The Hall–Kier alpha value is -0.850. The van der Waals surface area contributed by atoms with Crippen LogP contribution in [-0.2, 0) is 9.47 Å². The van der Waals surface area contributed by atoms with Gasteiger partial charge in [-0.05, 0) is 78.8 Å². The number of nitrogens with zero attached hydrogens (tertiary/aromatic N) is 3. The first-order valence-electron chi connectivity index (χ1n) is 11.9. The number of hydrogen-bond acceptors (Lipinski definition) is 5. The van der Waals surface area contributed by atoms with Crippen molar-refractivity contribution in [1.82, 2.24) is 14.7 Å². The van der Waals surface area contributed by atoms with Crippen LogP contribution in [0.4, 0.5) is 4.79 Å². The van der Waals surface area contributed by atoms with E-state index in [1.807, 2.05) is 25.7 Å². The smallest absolute Gasteiger partial charge is 0.410 e. The first-order chi connectivity index (χ1) is 13.8. The second-order valence-electron chi connectivity index (χ2n) is 10.7. The minimum Gasteiger partial charge on any atom is -0.444 e. The van der Waals surface area contributed by atoms with Gasteiger partial charge >= 0.3 is 6.09 Å². The van der Waals surface area contributed by atoms with Gasteiger partial charge in [-0.2, -0.15) is 0 Å². The Morgan fingerprint density at radius 1 is 0.897 bits per heavy atom. The van der Waals surface area contributed by atoms with E-state index in [2.05, 4.69) is 9.80 Å². The molecule has 4 saturated heterocycles. The molecule has 4 aliphatic heterocycles. The number of amides is 1. The topological polar surface area (TPSA) is 45.2 Å². The van der Waals surface area contributed by atoms with E-state index in [1.165, 1.54) is 58.3 Å². The van der Waals surface area contributed by atoms with Crippen molar-refractivity contribution in [2.24, 2.45) is 0 Å². The summed E-state index contributed by atoms with van der Waals surface area (Å²) in [6.07, 6.45) is 9.65. The van der Waals surface area contributed by atoms with Crippen LogP contribution in [0.2, 0.25) is 0 Å². The van der Waals surface area contributed by atoms with Crippen LogP contribution in [0, 0.1) is 0 Å². The number of rotatable bonds is 2. The quantitative estimate of drug-likeness (QED) is 0.701. The Kier molecular flexibility index (Phi) is 6.43. The molecule has 4 aliphatic rings. The molecule has 0 bridgehead atoms. The highest BCUT2D eigenvalue weighted by atomic mass is 16.6. The van der Waals surface area contributed by atoms with Crippen LogP contribution in [-0.4, -0.2) is 90.0 Å². The first-order valence-corrected chi connectivity index (χ1v) is 11.9. The largest absolute Gasteiger partial charge is 0.444 e. The van der Waals surface area contributed by atoms with Gasteiger partial charge in [0.15, 0.2) is 0 Å². The molecule has 1 spiro atoms. The van der Waals surface area contributed by atoms with Gasteiger partial charge in [-0.1, -0.05) is 6.42 Å². The molecule has 1 atom stereocenters. The van der Waals surface area contributed by atoms with E-state index in [0.29, 0.717) is 6.04 Å². The highest BCUT2D eigenvalue weighted by Gasteiger charge is 2.46. The maximum absolute atomic E-state index is 12.3. The maximum atomic E-state index is 12.3. The van der Waals surface area contributed by atoms with Crippen LogP contribution >= 0.6 is 0 Å². The van der Waals surface area contributed by atoms with Crippen LogP contribution < -0.4 is 0 Å². The van der Waals surface area contributed by atoms with E-state index in [9.17, 15) is 4.79 Å². The van der Waals surface area contributed by atoms with E-state index < -0.39 is 5.60 Å². The lowest BCUT2D eigenvalue weighted by molar-refractivity contribution is -0.0490. The van der Waals surface area contributed by atoms with Gasteiger partial charge < -0.3 is 19.3 Å². The molecule has 4 rings (SSSR count). The second-order valence-corrected chi connectivity index (χ2v) is 10.7. The Balaban J connectivity index is 1.22. The zero-order valence-corrected chi connectivity index (χ0v) is 18.8. The molecule has 1 unspecified atom stereocenters. The first kappa shape index (κ1) is 21.4. The van der Waals surface area contributed by atoms with Crippen molar-refractivity contribution >= 4 is 6.09 Å². The molecule has 166 valence electrons. The van der Waals surface area contributed by atoms with E-state index >= 15 is 0 Å². The number of hydrogen-bond donors (Lipinski definition) is 0. The van der Waals surface area contributed by atoms with Gasteiger partial charge in [-0.25, -0.2) is 4.79 Å². The lowest BCUT2D eigenvalue weighted by Gasteiger charge is -2.42. The summed E-state index contributed by atoms with van der Waals surface area (Å²) < 4.78 is 11.9. The Labute approximate surface area is 176 Å². The molecule has 1 amide bonds. The van der Waals surface area contributed by atoms with Gasteiger partial charge in [0.1, 0.15) is 5.60 Å². The minimum absolute atomic E-state index is 0.0209. The number of carbonyl (C=O) groups excluding carboxylic acids is 1. The highest BCUT2D eigenvalue weighted by molar-refractivity contribution is 5.68. The van der Waals surface area contributed by atoms with Gasteiger partial charge in [0.05, 0.1) is 12.2 Å². The van der Waals surface area contributed by atoms with Crippen molar-refractivity contribution in [3.05, 3.63) is 0 Å². The predicted octanol–water partition coefficient (Wildman–Crippen LogP) is 3.50. The van der Waals surface area contributed by atoms with Crippen molar-refractivity contribution in [2.75, 3.05) is 45.9 Å². The molecule has 4 fully saturated rings. The summed E-state index contributed by atoms with van der Waals surface area (Å²) in [6.45, 7) is 13.2. The molecule has 0 saturated carbocycles. The number of carbonyl (C=O) groups is 1. The Morgan fingerprint density at radius 3 is 2.14 bits per heavy atom. The average Bonchev–Trinajstić information content (AvgIpc) is 3.11. The van der Waals surface area contributed by atoms with Crippen LogP contribution in [0.3, 0.4) is 0 Å². The van der Waals surface area contributed by atoms with Crippen molar-refractivity contribution < 1.29 is 14.3 Å². The summed E-state index contributed by atoms with van der Waals surface area (Å²) in [4.78, 5) is 19.6. The molecule has 0 N–H and O–H groups in total. The number of likely N-dealkylation sites (tertiary alicyclic amines) is 3. The van der Waals surface area contributed by atoms with Crippen LogP contribution in [0.5, 0.6) is 0 Å². The standard InChI is InChI=1S/C23H41N3O3/c1-22(2,3)29-21(27)26-15-9-23(10-16-26)17-20(18-28-23)25-13-7-19(8-14-25)24-11-5-4-6-12-24/h19-20H,4-18H2,1-3H3. The van der Waals surface area contributed by atoms with Crippen molar-refractivity contribution in [1.29, 1.82) is 0 Å².